The third-order valence-electron chi connectivity index (χ3n) is 2.51. The zero-order chi connectivity index (χ0) is 15.3. The van der Waals surface area contributed by atoms with Crippen molar-refractivity contribution >= 4 is 21.4 Å². The molecule has 112 valence electrons. The molecule has 0 saturated carbocycles. The first-order valence-corrected chi connectivity index (χ1v) is 7.27. The minimum absolute atomic E-state index is 0.169. The molecule has 0 aromatic heterocycles. The van der Waals surface area contributed by atoms with E-state index in [9.17, 15) is 18.5 Å². The van der Waals surface area contributed by atoms with Crippen LogP contribution in [0.4, 0.5) is 11.4 Å². The number of sulfonamides is 1. The maximum absolute atomic E-state index is 12.2. The van der Waals surface area contributed by atoms with E-state index in [0.29, 0.717) is 0 Å². The molecular formula is C11H17N3O5S. The molecule has 1 rings (SSSR count). The van der Waals surface area contributed by atoms with Crippen LogP contribution >= 0.6 is 0 Å². The van der Waals surface area contributed by atoms with E-state index in [2.05, 4.69) is 10.0 Å². The summed E-state index contributed by atoms with van der Waals surface area (Å²) in [5, 5.41) is 13.5. The predicted molar refractivity (Wildman–Crippen MR) is 74.3 cm³/mol. The number of nitro benzene ring substituents is 1. The highest BCUT2D eigenvalue weighted by atomic mass is 32.2. The highest BCUT2D eigenvalue weighted by Crippen LogP contribution is 2.26. The first kappa shape index (κ1) is 16.3. The van der Waals surface area contributed by atoms with Gasteiger partial charge in [-0.25, -0.2) is 13.1 Å². The Bertz CT molecular complexity index is 588. The Balaban J connectivity index is 3.21. The second-order valence-corrected chi connectivity index (χ2v) is 5.85. The van der Waals surface area contributed by atoms with Gasteiger partial charge in [0.2, 0.25) is 10.0 Å². The third kappa shape index (κ3) is 3.89. The van der Waals surface area contributed by atoms with Crippen LogP contribution in [0.2, 0.25) is 0 Å². The lowest BCUT2D eigenvalue weighted by molar-refractivity contribution is -0.385. The molecule has 0 aliphatic carbocycles. The van der Waals surface area contributed by atoms with E-state index in [0.717, 1.165) is 6.07 Å². The topological polar surface area (TPSA) is 111 Å². The van der Waals surface area contributed by atoms with Gasteiger partial charge in [0.15, 0.2) is 0 Å². The second kappa shape index (κ2) is 6.64. The van der Waals surface area contributed by atoms with Gasteiger partial charge < -0.3 is 10.1 Å². The van der Waals surface area contributed by atoms with Crippen molar-refractivity contribution < 1.29 is 18.1 Å². The van der Waals surface area contributed by atoms with Gasteiger partial charge in [-0.2, -0.15) is 0 Å². The molecule has 1 atom stereocenters. The second-order valence-electron chi connectivity index (χ2n) is 4.17. The number of non-ortho nitro benzene ring substituents is 1. The van der Waals surface area contributed by atoms with Crippen molar-refractivity contribution in [3.05, 3.63) is 28.3 Å². The molecule has 0 bridgehead atoms. The van der Waals surface area contributed by atoms with E-state index in [4.69, 9.17) is 4.74 Å². The zero-order valence-electron chi connectivity index (χ0n) is 11.4. The standard InChI is InChI=1S/C11H17N3O5S/c1-8(7-19-3)13-20(17,18)11-6-9(14(15)16)4-5-10(11)12-2/h4-6,8,12-13H,7H2,1-3H3. The fraction of sp³-hybridized carbons (Fsp3) is 0.455. The summed E-state index contributed by atoms with van der Waals surface area (Å²) in [5.74, 6) is 0. The van der Waals surface area contributed by atoms with Gasteiger partial charge in [0.1, 0.15) is 4.90 Å². The average molecular weight is 303 g/mol. The summed E-state index contributed by atoms with van der Waals surface area (Å²) in [5.41, 5.74) is -0.00325. The minimum Gasteiger partial charge on any atom is -0.387 e. The third-order valence-corrected chi connectivity index (χ3v) is 4.14. The summed E-state index contributed by atoms with van der Waals surface area (Å²) < 4.78 is 31.7. The van der Waals surface area contributed by atoms with Crippen molar-refractivity contribution in [3.8, 4) is 0 Å². The molecule has 0 amide bonds. The van der Waals surface area contributed by atoms with Gasteiger partial charge in [0.05, 0.1) is 17.2 Å². The summed E-state index contributed by atoms with van der Waals surface area (Å²) >= 11 is 0. The number of rotatable bonds is 7. The van der Waals surface area contributed by atoms with Crippen LogP contribution in [0.5, 0.6) is 0 Å². The molecule has 0 fully saturated rings. The number of hydrogen-bond donors (Lipinski definition) is 2. The quantitative estimate of drug-likeness (QED) is 0.573. The number of hydrogen-bond acceptors (Lipinski definition) is 6. The van der Waals surface area contributed by atoms with Crippen molar-refractivity contribution in [3.63, 3.8) is 0 Å². The molecular weight excluding hydrogens is 286 g/mol. The monoisotopic (exact) mass is 303 g/mol. The molecule has 0 spiro atoms. The Morgan fingerprint density at radius 3 is 2.60 bits per heavy atom. The van der Waals surface area contributed by atoms with E-state index in [1.165, 1.54) is 19.2 Å². The fourth-order valence-corrected chi connectivity index (χ4v) is 3.13. The van der Waals surface area contributed by atoms with E-state index >= 15 is 0 Å². The van der Waals surface area contributed by atoms with Crippen molar-refractivity contribution in [1.82, 2.24) is 4.72 Å². The van der Waals surface area contributed by atoms with Crippen molar-refractivity contribution in [2.24, 2.45) is 0 Å². The normalized spacial score (nSPS) is 12.9. The molecule has 2 N–H and O–H groups in total. The molecule has 0 aliphatic heterocycles. The predicted octanol–water partition coefficient (Wildman–Crippen LogP) is 0.950. The number of nitrogens with zero attached hydrogens (tertiary/aromatic N) is 1. The minimum atomic E-state index is -3.88. The Kier molecular flexibility index (Phi) is 5.43. The van der Waals surface area contributed by atoms with E-state index < -0.39 is 21.0 Å². The SMILES string of the molecule is CNc1ccc([N+](=O)[O-])cc1S(=O)(=O)NC(C)COC. The summed E-state index contributed by atoms with van der Waals surface area (Å²) in [6.07, 6.45) is 0. The number of benzene rings is 1. The van der Waals surface area contributed by atoms with Gasteiger partial charge >= 0.3 is 0 Å². The van der Waals surface area contributed by atoms with Gasteiger partial charge in [0.25, 0.3) is 5.69 Å². The Hall–Kier alpha value is -1.71. The largest absolute Gasteiger partial charge is 0.387 e. The van der Waals surface area contributed by atoms with E-state index in [1.54, 1.807) is 14.0 Å². The number of nitro groups is 1. The van der Waals surface area contributed by atoms with Gasteiger partial charge in [-0.1, -0.05) is 0 Å². The Morgan fingerprint density at radius 1 is 1.45 bits per heavy atom. The van der Waals surface area contributed by atoms with Gasteiger partial charge in [0, 0.05) is 32.3 Å². The first-order valence-electron chi connectivity index (χ1n) is 5.79. The maximum Gasteiger partial charge on any atom is 0.270 e. The first-order chi connectivity index (χ1) is 9.31. The van der Waals surface area contributed by atoms with Crippen LogP contribution in [-0.2, 0) is 14.8 Å². The van der Waals surface area contributed by atoms with Crippen LogP contribution in [-0.4, -0.2) is 40.1 Å². The summed E-state index contributed by atoms with van der Waals surface area (Å²) in [7, 11) is -0.881. The number of nitrogens with one attached hydrogen (secondary N) is 2. The Morgan fingerprint density at radius 2 is 2.10 bits per heavy atom. The van der Waals surface area contributed by atoms with Crippen LogP contribution < -0.4 is 10.0 Å². The van der Waals surface area contributed by atoms with Crippen LogP contribution in [0.3, 0.4) is 0 Å². The van der Waals surface area contributed by atoms with Crippen molar-refractivity contribution in [2.45, 2.75) is 17.9 Å². The van der Waals surface area contributed by atoms with Gasteiger partial charge in [-0.05, 0) is 13.0 Å². The van der Waals surface area contributed by atoms with Crippen LogP contribution in [0, 0.1) is 10.1 Å². The average Bonchev–Trinajstić information content (AvgIpc) is 2.37. The summed E-state index contributed by atoms with van der Waals surface area (Å²) in [6.45, 7) is 1.83. The van der Waals surface area contributed by atoms with Crippen LogP contribution in [0.25, 0.3) is 0 Å². The molecule has 0 heterocycles. The molecule has 20 heavy (non-hydrogen) atoms. The number of methoxy groups -OCH3 is 1. The lowest BCUT2D eigenvalue weighted by Gasteiger charge is -2.15. The molecule has 1 aromatic rings. The Labute approximate surface area is 117 Å². The number of ether oxygens (including phenoxy) is 1. The summed E-state index contributed by atoms with van der Waals surface area (Å²) in [6, 6.07) is 3.17. The zero-order valence-corrected chi connectivity index (χ0v) is 12.2. The van der Waals surface area contributed by atoms with E-state index in [-0.39, 0.29) is 22.9 Å². The lowest BCUT2D eigenvalue weighted by Crippen LogP contribution is -2.35. The van der Waals surface area contributed by atoms with Crippen molar-refractivity contribution in [1.29, 1.82) is 0 Å². The van der Waals surface area contributed by atoms with Gasteiger partial charge in [-0.3, -0.25) is 10.1 Å². The van der Waals surface area contributed by atoms with E-state index in [1.807, 2.05) is 0 Å². The van der Waals surface area contributed by atoms with Gasteiger partial charge in [-0.15, -0.1) is 0 Å². The molecule has 1 aromatic carbocycles. The maximum atomic E-state index is 12.2. The lowest BCUT2D eigenvalue weighted by atomic mass is 10.3. The highest BCUT2D eigenvalue weighted by molar-refractivity contribution is 7.89. The molecule has 8 nitrogen and oxygen atoms in total. The fourth-order valence-electron chi connectivity index (χ4n) is 1.67. The molecule has 1 unspecified atom stereocenters. The molecule has 0 aliphatic rings. The highest BCUT2D eigenvalue weighted by Gasteiger charge is 2.23. The van der Waals surface area contributed by atoms with Crippen LogP contribution in [0.1, 0.15) is 6.92 Å². The van der Waals surface area contributed by atoms with Crippen molar-refractivity contribution in [2.75, 3.05) is 26.1 Å². The van der Waals surface area contributed by atoms with Crippen LogP contribution in [0.15, 0.2) is 23.1 Å². The molecule has 0 saturated heterocycles. The smallest absolute Gasteiger partial charge is 0.270 e. The molecule has 0 radical (unpaired) electrons. The molecule has 9 heteroatoms. The number of anilines is 1. The summed E-state index contributed by atoms with van der Waals surface area (Å²) in [4.78, 5) is 9.94.